The van der Waals surface area contributed by atoms with E-state index in [1.807, 2.05) is 6.07 Å². The summed E-state index contributed by atoms with van der Waals surface area (Å²) in [5.41, 5.74) is 1.27. The van der Waals surface area contributed by atoms with Crippen molar-refractivity contribution in [2.24, 2.45) is 5.92 Å². The van der Waals surface area contributed by atoms with Crippen molar-refractivity contribution in [3.05, 3.63) is 29.8 Å². The Morgan fingerprint density at radius 3 is 2.50 bits per heavy atom. The van der Waals surface area contributed by atoms with Crippen LogP contribution in [0, 0.1) is 5.92 Å². The molecule has 3 atom stereocenters. The first kappa shape index (κ1) is 18.9. The van der Waals surface area contributed by atoms with Gasteiger partial charge >= 0.3 is 6.03 Å². The Labute approximate surface area is 156 Å². The smallest absolute Gasteiger partial charge is 0.319 e. The number of carbonyl (C=O) groups excluding carboxylic acids is 2. The van der Waals surface area contributed by atoms with E-state index < -0.39 is 0 Å². The van der Waals surface area contributed by atoms with Crippen molar-refractivity contribution in [3.8, 4) is 0 Å². The van der Waals surface area contributed by atoms with E-state index >= 15 is 0 Å². The van der Waals surface area contributed by atoms with Gasteiger partial charge in [0.2, 0.25) is 0 Å². The highest BCUT2D eigenvalue weighted by Crippen LogP contribution is 2.34. The number of amides is 2. The van der Waals surface area contributed by atoms with Crippen LogP contribution in [0.15, 0.2) is 24.3 Å². The van der Waals surface area contributed by atoms with E-state index in [1.165, 1.54) is 26.2 Å². The van der Waals surface area contributed by atoms with Crippen molar-refractivity contribution < 1.29 is 9.59 Å². The third-order valence-corrected chi connectivity index (χ3v) is 5.56. The van der Waals surface area contributed by atoms with Crippen LogP contribution in [-0.2, 0) is 0 Å². The zero-order valence-corrected chi connectivity index (χ0v) is 16.1. The molecule has 0 radical (unpaired) electrons. The molecular formula is C21H31N3O2. The number of benzene rings is 1. The fraction of sp³-hybridized carbons (Fsp3) is 0.619. The second kappa shape index (κ2) is 8.21. The molecule has 2 bridgehead atoms. The Morgan fingerprint density at radius 1 is 1.19 bits per heavy atom. The predicted molar refractivity (Wildman–Crippen MR) is 105 cm³/mol. The number of ketones is 1. The van der Waals surface area contributed by atoms with Crippen LogP contribution in [0.3, 0.4) is 0 Å². The molecule has 2 heterocycles. The second-order valence-corrected chi connectivity index (χ2v) is 8.23. The number of anilines is 1. The van der Waals surface area contributed by atoms with E-state index in [1.54, 1.807) is 18.2 Å². The fourth-order valence-electron chi connectivity index (χ4n) is 4.48. The number of hydrogen-bond donors (Lipinski definition) is 2. The van der Waals surface area contributed by atoms with Gasteiger partial charge in [-0.25, -0.2) is 4.79 Å². The van der Waals surface area contributed by atoms with Gasteiger partial charge in [-0.1, -0.05) is 32.4 Å². The molecule has 1 unspecified atom stereocenters. The normalized spacial score (nSPS) is 25.8. The van der Waals surface area contributed by atoms with E-state index in [-0.39, 0.29) is 17.9 Å². The summed E-state index contributed by atoms with van der Waals surface area (Å²) >= 11 is 0. The lowest BCUT2D eigenvalue weighted by atomic mass is 9.81. The van der Waals surface area contributed by atoms with E-state index in [0.717, 1.165) is 19.4 Å². The summed E-state index contributed by atoms with van der Waals surface area (Å²) in [5, 5.41) is 6.03. The van der Waals surface area contributed by atoms with Crippen molar-refractivity contribution >= 4 is 17.5 Å². The molecule has 1 aromatic carbocycles. The molecule has 0 aromatic heterocycles. The van der Waals surface area contributed by atoms with Gasteiger partial charge in [-0.3, -0.25) is 9.69 Å². The fourth-order valence-corrected chi connectivity index (χ4v) is 4.48. The van der Waals surface area contributed by atoms with Gasteiger partial charge in [0.05, 0.1) is 0 Å². The Balaban J connectivity index is 1.57. The summed E-state index contributed by atoms with van der Waals surface area (Å²) in [5.74, 6) is 0.680. The lowest BCUT2D eigenvalue weighted by molar-refractivity contribution is 0.0180. The van der Waals surface area contributed by atoms with Crippen LogP contribution >= 0.6 is 0 Å². The lowest BCUT2D eigenvalue weighted by Crippen LogP contribution is -2.58. The van der Waals surface area contributed by atoms with E-state index in [2.05, 4.69) is 29.4 Å². The molecule has 5 heteroatoms. The highest BCUT2D eigenvalue weighted by molar-refractivity contribution is 5.96. The Hall–Kier alpha value is -1.88. The molecule has 0 saturated carbocycles. The number of nitrogens with zero attached hydrogens (tertiary/aromatic N) is 1. The predicted octanol–water partition coefficient (Wildman–Crippen LogP) is 4.05. The van der Waals surface area contributed by atoms with Gasteiger partial charge in [0.25, 0.3) is 0 Å². The molecule has 2 amide bonds. The molecule has 1 aromatic rings. The molecule has 2 fully saturated rings. The quantitative estimate of drug-likeness (QED) is 0.782. The summed E-state index contributed by atoms with van der Waals surface area (Å²) in [6.45, 7) is 7.25. The first-order chi connectivity index (χ1) is 12.4. The van der Waals surface area contributed by atoms with Gasteiger partial charge in [-0.05, 0) is 50.7 Å². The zero-order chi connectivity index (χ0) is 18.7. The number of nitrogens with one attached hydrogen (secondary N) is 2. The van der Waals surface area contributed by atoms with Gasteiger partial charge in [-0.15, -0.1) is 0 Å². The number of urea groups is 1. The summed E-state index contributed by atoms with van der Waals surface area (Å²) in [4.78, 5) is 26.6. The molecule has 0 spiro atoms. The Morgan fingerprint density at radius 2 is 1.88 bits per heavy atom. The molecule has 142 valence electrons. The van der Waals surface area contributed by atoms with Crippen molar-refractivity contribution in [1.29, 1.82) is 0 Å². The first-order valence-electron chi connectivity index (χ1n) is 9.86. The number of piperidine rings is 2. The minimum atomic E-state index is -0.175. The maximum atomic E-state index is 12.4. The van der Waals surface area contributed by atoms with Crippen LogP contribution in [0.1, 0.15) is 63.2 Å². The summed E-state index contributed by atoms with van der Waals surface area (Å²) in [6.07, 6.45) is 5.85. The van der Waals surface area contributed by atoms with Crippen molar-refractivity contribution in [3.63, 3.8) is 0 Å². The standard InChI is InChI=1S/C21H31N3O2/c1-14(2)13-24-19-8-5-9-20(24)12-18(11-19)23-21(26)22-17-7-4-6-16(10-17)15(3)25/h4,6-7,10,14,18-20H,5,8-9,11-13H2,1-3H3,(H2,22,23,26)/t18?,19-,20+. The monoisotopic (exact) mass is 357 g/mol. The number of fused-ring (bicyclic) bond motifs is 2. The number of carbonyl (C=O) groups is 2. The van der Waals surface area contributed by atoms with Crippen molar-refractivity contribution in [1.82, 2.24) is 10.2 Å². The number of hydrogen-bond acceptors (Lipinski definition) is 3. The first-order valence-corrected chi connectivity index (χ1v) is 9.86. The molecule has 2 aliphatic rings. The summed E-state index contributed by atoms with van der Waals surface area (Å²) in [7, 11) is 0. The van der Waals surface area contributed by atoms with Gasteiger partial charge in [0.1, 0.15) is 0 Å². The average molecular weight is 357 g/mol. The van der Waals surface area contributed by atoms with Gasteiger partial charge in [-0.2, -0.15) is 0 Å². The van der Waals surface area contributed by atoms with Crippen molar-refractivity contribution in [2.45, 2.75) is 71.0 Å². The maximum Gasteiger partial charge on any atom is 0.319 e. The molecular weight excluding hydrogens is 326 g/mol. The largest absolute Gasteiger partial charge is 0.335 e. The Kier molecular flexibility index (Phi) is 5.97. The molecule has 2 aliphatic heterocycles. The van der Waals surface area contributed by atoms with Gasteiger partial charge in [0.15, 0.2) is 5.78 Å². The average Bonchev–Trinajstić information content (AvgIpc) is 2.55. The summed E-state index contributed by atoms with van der Waals surface area (Å²) in [6, 6.07) is 8.33. The van der Waals surface area contributed by atoms with Crippen LogP contribution in [0.25, 0.3) is 0 Å². The SMILES string of the molecule is CC(=O)c1cccc(NC(=O)NC2C[C@H]3CCC[C@@H](C2)N3CC(C)C)c1. The topological polar surface area (TPSA) is 61.4 Å². The van der Waals surface area contributed by atoms with Gasteiger partial charge in [0, 0.05) is 35.9 Å². The summed E-state index contributed by atoms with van der Waals surface area (Å²) < 4.78 is 0. The van der Waals surface area contributed by atoms with Crippen LogP contribution < -0.4 is 10.6 Å². The molecule has 26 heavy (non-hydrogen) atoms. The molecule has 2 N–H and O–H groups in total. The lowest BCUT2D eigenvalue weighted by Gasteiger charge is -2.49. The maximum absolute atomic E-state index is 12.4. The number of Topliss-reactive ketones (excluding diaryl/α,β-unsaturated/α-hetero) is 1. The number of rotatable bonds is 5. The van der Waals surface area contributed by atoms with Crippen LogP contribution in [-0.4, -0.2) is 41.4 Å². The minimum absolute atomic E-state index is 0.000548. The highest BCUT2D eigenvalue weighted by atomic mass is 16.2. The van der Waals surface area contributed by atoms with Crippen LogP contribution in [0.2, 0.25) is 0 Å². The minimum Gasteiger partial charge on any atom is -0.335 e. The molecule has 5 nitrogen and oxygen atoms in total. The highest BCUT2D eigenvalue weighted by Gasteiger charge is 2.38. The molecule has 2 saturated heterocycles. The van der Waals surface area contributed by atoms with E-state index in [0.29, 0.717) is 29.3 Å². The van der Waals surface area contributed by atoms with Crippen molar-refractivity contribution in [2.75, 3.05) is 11.9 Å². The molecule has 3 rings (SSSR count). The van der Waals surface area contributed by atoms with E-state index in [4.69, 9.17) is 0 Å². The van der Waals surface area contributed by atoms with Crippen LogP contribution in [0.4, 0.5) is 10.5 Å². The zero-order valence-electron chi connectivity index (χ0n) is 16.1. The van der Waals surface area contributed by atoms with E-state index in [9.17, 15) is 9.59 Å². The van der Waals surface area contributed by atoms with Gasteiger partial charge < -0.3 is 10.6 Å². The third kappa shape index (κ3) is 4.64. The second-order valence-electron chi connectivity index (χ2n) is 8.23. The molecule has 0 aliphatic carbocycles. The Bertz CT molecular complexity index is 644. The third-order valence-electron chi connectivity index (χ3n) is 5.56. The van der Waals surface area contributed by atoms with Crippen LogP contribution in [0.5, 0.6) is 0 Å².